The summed E-state index contributed by atoms with van der Waals surface area (Å²) in [7, 11) is -3.56. The lowest BCUT2D eigenvalue weighted by molar-refractivity contribution is 0.600. The Hall–Kier alpha value is -0.470. The standard InChI is InChI=1S/C7H8N2O2S3/c8-3-5-1-4-2-6(14(9,10)11)13-7(4)12-5/h1-2H,3,8H2,(H2,9,10,11). The summed E-state index contributed by atoms with van der Waals surface area (Å²) in [6.07, 6.45) is 0. The zero-order chi connectivity index (χ0) is 10.3. The fraction of sp³-hybridized carbons (Fsp3) is 0.143. The highest BCUT2D eigenvalue weighted by Gasteiger charge is 2.13. The van der Waals surface area contributed by atoms with Gasteiger partial charge in [-0.2, -0.15) is 0 Å². The summed E-state index contributed by atoms with van der Waals surface area (Å²) < 4.78 is 23.2. The molecule has 2 rings (SSSR count). The molecule has 7 heteroatoms. The van der Waals surface area contributed by atoms with E-state index in [0.717, 1.165) is 14.3 Å². The molecule has 0 saturated heterocycles. The van der Waals surface area contributed by atoms with Crippen molar-refractivity contribution in [3.05, 3.63) is 17.0 Å². The van der Waals surface area contributed by atoms with E-state index in [4.69, 9.17) is 10.9 Å². The van der Waals surface area contributed by atoms with Gasteiger partial charge in [0, 0.05) is 16.8 Å². The summed E-state index contributed by atoms with van der Waals surface area (Å²) in [5.74, 6) is 0. The van der Waals surface area contributed by atoms with Crippen LogP contribution in [0.15, 0.2) is 16.3 Å². The second-order valence-corrected chi connectivity index (χ2v) is 7.01. The molecule has 14 heavy (non-hydrogen) atoms. The van der Waals surface area contributed by atoms with Gasteiger partial charge in [0.15, 0.2) is 0 Å². The fourth-order valence-corrected chi connectivity index (χ4v) is 4.38. The Kier molecular flexibility index (Phi) is 2.36. The van der Waals surface area contributed by atoms with Crippen LogP contribution in [0.3, 0.4) is 0 Å². The summed E-state index contributed by atoms with van der Waals surface area (Å²) in [5.41, 5.74) is 5.47. The lowest BCUT2D eigenvalue weighted by Gasteiger charge is -1.88. The molecule has 0 aliphatic carbocycles. The average molecular weight is 248 g/mol. The SMILES string of the molecule is NCc1cc2cc(S(N)(=O)=O)sc2s1. The Balaban J connectivity index is 2.61. The van der Waals surface area contributed by atoms with Crippen molar-refractivity contribution >= 4 is 42.1 Å². The number of rotatable bonds is 2. The molecule has 0 amide bonds. The number of primary sulfonamides is 1. The lowest BCUT2D eigenvalue weighted by atomic mass is 10.4. The third-order valence-electron chi connectivity index (χ3n) is 1.72. The highest BCUT2D eigenvalue weighted by atomic mass is 32.2. The molecule has 0 atom stereocenters. The van der Waals surface area contributed by atoms with Crippen molar-refractivity contribution in [2.45, 2.75) is 10.8 Å². The molecule has 0 aliphatic rings. The monoisotopic (exact) mass is 248 g/mol. The minimum atomic E-state index is -3.56. The van der Waals surface area contributed by atoms with Crippen LogP contribution in [0, 0.1) is 0 Å². The number of hydrogen-bond donors (Lipinski definition) is 2. The fourth-order valence-electron chi connectivity index (χ4n) is 1.11. The summed E-state index contributed by atoms with van der Waals surface area (Å²) in [6.45, 7) is 0.483. The maximum Gasteiger partial charge on any atom is 0.247 e. The molecule has 0 fully saturated rings. The Morgan fingerprint density at radius 1 is 1.29 bits per heavy atom. The first-order valence-electron chi connectivity index (χ1n) is 3.76. The van der Waals surface area contributed by atoms with Crippen molar-refractivity contribution in [2.75, 3.05) is 0 Å². The van der Waals surface area contributed by atoms with Crippen LogP contribution < -0.4 is 10.9 Å². The topological polar surface area (TPSA) is 86.2 Å². The first-order chi connectivity index (χ1) is 6.50. The third-order valence-corrected chi connectivity index (χ3v) is 5.56. The van der Waals surface area contributed by atoms with Gasteiger partial charge in [-0.05, 0) is 12.1 Å². The zero-order valence-electron chi connectivity index (χ0n) is 7.06. The van der Waals surface area contributed by atoms with Crippen LogP contribution >= 0.6 is 22.7 Å². The van der Waals surface area contributed by atoms with Crippen LogP contribution in [0.1, 0.15) is 4.88 Å². The van der Waals surface area contributed by atoms with Gasteiger partial charge < -0.3 is 5.73 Å². The quantitative estimate of drug-likeness (QED) is 0.833. The van der Waals surface area contributed by atoms with Gasteiger partial charge in [0.05, 0.1) is 4.01 Å². The van der Waals surface area contributed by atoms with Gasteiger partial charge in [-0.25, -0.2) is 13.6 Å². The maximum absolute atomic E-state index is 11.0. The van der Waals surface area contributed by atoms with Crippen molar-refractivity contribution in [1.29, 1.82) is 0 Å². The minimum absolute atomic E-state index is 0.210. The Morgan fingerprint density at radius 2 is 2.00 bits per heavy atom. The molecule has 0 unspecified atom stereocenters. The van der Waals surface area contributed by atoms with E-state index in [0.29, 0.717) is 6.54 Å². The van der Waals surface area contributed by atoms with E-state index in [9.17, 15) is 8.42 Å². The Labute approximate surface area is 89.2 Å². The van der Waals surface area contributed by atoms with E-state index in [1.807, 2.05) is 6.07 Å². The molecular weight excluding hydrogens is 240 g/mol. The summed E-state index contributed by atoms with van der Waals surface area (Å²) >= 11 is 2.70. The van der Waals surface area contributed by atoms with Gasteiger partial charge in [-0.15, -0.1) is 22.7 Å². The Morgan fingerprint density at radius 3 is 2.50 bits per heavy atom. The van der Waals surface area contributed by atoms with Gasteiger partial charge in [0.2, 0.25) is 10.0 Å². The van der Waals surface area contributed by atoms with Crippen LogP contribution in [-0.2, 0) is 16.6 Å². The molecule has 4 nitrogen and oxygen atoms in total. The van der Waals surface area contributed by atoms with Crippen molar-refractivity contribution in [3.8, 4) is 0 Å². The lowest BCUT2D eigenvalue weighted by Crippen LogP contribution is -2.09. The molecule has 0 saturated carbocycles. The van der Waals surface area contributed by atoms with Gasteiger partial charge in [0.25, 0.3) is 0 Å². The third kappa shape index (κ3) is 1.69. The number of nitrogens with two attached hydrogens (primary N) is 2. The molecule has 2 heterocycles. The van der Waals surface area contributed by atoms with E-state index in [1.165, 1.54) is 22.7 Å². The molecule has 0 spiro atoms. The molecular formula is C7H8N2O2S3. The largest absolute Gasteiger partial charge is 0.326 e. The van der Waals surface area contributed by atoms with Crippen LogP contribution in [-0.4, -0.2) is 8.42 Å². The molecule has 0 aliphatic heterocycles. The first-order valence-corrected chi connectivity index (χ1v) is 6.94. The smallest absolute Gasteiger partial charge is 0.247 e. The zero-order valence-corrected chi connectivity index (χ0v) is 9.51. The predicted octanol–water partition coefficient (Wildman–Crippen LogP) is 1.07. The van der Waals surface area contributed by atoms with Crippen molar-refractivity contribution in [1.82, 2.24) is 0 Å². The molecule has 2 aromatic rings. The predicted molar refractivity (Wildman–Crippen MR) is 59.0 cm³/mol. The second-order valence-electron chi connectivity index (χ2n) is 2.77. The van der Waals surface area contributed by atoms with Crippen molar-refractivity contribution < 1.29 is 8.42 Å². The van der Waals surface area contributed by atoms with E-state index < -0.39 is 10.0 Å². The summed E-state index contributed by atoms with van der Waals surface area (Å²) in [5, 5.41) is 5.92. The van der Waals surface area contributed by atoms with E-state index in [-0.39, 0.29) is 4.21 Å². The van der Waals surface area contributed by atoms with Crippen LogP contribution in [0.5, 0.6) is 0 Å². The van der Waals surface area contributed by atoms with Gasteiger partial charge in [-0.1, -0.05) is 0 Å². The van der Waals surface area contributed by atoms with E-state index in [2.05, 4.69) is 0 Å². The van der Waals surface area contributed by atoms with E-state index >= 15 is 0 Å². The van der Waals surface area contributed by atoms with Crippen LogP contribution in [0.4, 0.5) is 0 Å². The summed E-state index contributed by atoms with van der Waals surface area (Å²) in [6, 6.07) is 3.48. The van der Waals surface area contributed by atoms with Crippen LogP contribution in [0.2, 0.25) is 0 Å². The second kappa shape index (κ2) is 3.28. The maximum atomic E-state index is 11.0. The van der Waals surface area contributed by atoms with Crippen molar-refractivity contribution in [3.63, 3.8) is 0 Å². The number of sulfonamides is 1. The minimum Gasteiger partial charge on any atom is -0.326 e. The molecule has 4 N–H and O–H groups in total. The first kappa shape index (κ1) is 10.1. The molecule has 0 radical (unpaired) electrons. The van der Waals surface area contributed by atoms with Crippen molar-refractivity contribution in [2.24, 2.45) is 10.9 Å². The van der Waals surface area contributed by atoms with Gasteiger partial charge in [-0.3, -0.25) is 0 Å². The van der Waals surface area contributed by atoms with Crippen LogP contribution in [0.25, 0.3) is 9.40 Å². The molecule has 0 aromatic carbocycles. The highest BCUT2D eigenvalue weighted by molar-refractivity contribution is 7.91. The number of thiophene rings is 2. The van der Waals surface area contributed by atoms with Gasteiger partial charge in [0.1, 0.15) is 4.21 Å². The molecule has 76 valence electrons. The van der Waals surface area contributed by atoms with E-state index in [1.54, 1.807) is 6.07 Å². The highest BCUT2D eigenvalue weighted by Crippen LogP contribution is 2.34. The average Bonchev–Trinajstić information content (AvgIpc) is 2.56. The number of fused-ring (bicyclic) bond motifs is 1. The molecule has 0 bridgehead atoms. The summed E-state index contributed by atoms with van der Waals surface area (Å²) in [4.78, 5) is 1.05. The number of hydrogen-bond acceptors (Lipinski definition) is 5. The molecule has 2 aromatic heterocycles. The van der Waals surface area contributed by atoms with Gasteiger partial charge >= 0.3 is 0 Å². The normalized spacial score (nSPS) is 12.4. The Bertz CT molecular complexity index is 535.